The highest BCUT2D eigenvalue weighted by Gasteiger charge is 2.30. The highest BCUT2D eigenvalue weighted by Crippen LogP contribution is 2.40. The van der Waals surface area contributed by atoms with Crippen molar-refractivity contribution < 1.29 is 4.79 Å². The van der Waals surface area contributed by atoms with E-state index in [1.54, 1.807) is 4.90 Å². The molecule has 1 aromatic heterocycles. The molecule has 1 amide bonds. The molecule has 5 rings (SSSR count). The Bertz CT molecular complexity index is 1230. The second-order valence-electron chi connectivity index (χ2n) is 8.41. The summed E-state index contributed by atoms with van der Waals surface area (Å²) in [5.74, 6) is 1.99. The second-order valence-corrected chi connectivity index (χ2v) is 9.35. The molecule has 0 spiro atoms. The molecule has 0 atom stereocenters. The molecule has 1 fully saturated rings. The first-order valence-electron chi connectivity index (χ1n) is 11.0. The summed E-state index contributed by atoms with van der Waals surface area (Å²) >= 11 is 1.48. The smallest absolute Gasteiger partial charge is 0.233 e. The first-order chi connectivity index (χ1) is 15.7. The predicted octanol–water partition coefficient (Wildman–Crippen LogP) is 5.11. The average Bonchev–Trinajstić information content (AvgIpc) is 3.59. The molecule has 0 bridgehead atoms. The Morgan fingerprint density at radius 2 is 1.72 bits per heavy atom. The number of benzene rings is 3. The van der Waals surface area contributed by atoms with Crippen molar-refractivity contribution in [3.05, 3.63) is 89.7 Å². The van der Waals surface area contributed by atoms with Crippen LogP contribution in [-0.2, 0) is 17.9 Å². The van der Waals surface area contributed by atoms with E-state index in [1.165, 1.54) is 40.9 Å². The van der Waals surface area contributed by atoms with Crippen molar-refractivity contribution >= 4 is 28.4 Å². The number of carbonyl (C=O) groups is 1. The Morgan fingerprint density at radius 1 is 0.969 bits per heavy atom. The highest BCUT2D eigenvalue weighted by atomic mass is 32.2. The highest BCUT2D eigenvalue weighted by molar-refractivity contribution is 7.99. The number of rotatable bonds is 8. The van der Waals surface area contributed by atoms with Crippen LogP contribution in [0.5, 0.6) is 0 Å². The molecule has 1 saturated carbocycles. The van der Waals surface area contributed by atoms with Crippen molar-refractivity contribution in [3.63, 3.8) is 0 Å². The molecule has 3 aromatic carbocycles. The maximum absolute atomic E-state index is 12.9. The van der Waals surface area contributed by atoms with E-state index in [0.717, 1.165) is 23.1 Å². The lowest BCUT2D eigenvalue weighted by Gasteiger charge is -2.17. The van der Waals surface area contributed by atoms with Crippen molar-refractivity contribution in [3.8, 4) is 0 Å². The van der Waals surface area contributed by atoms with E-state index in [-0.39, 0.29) is 5.91 Å². The maximum atomic E-state index is 12.9. The van der Waals surface area contributed by atoms with Gasteiger partial charge in [-0.15, -0.1) is 10.2 Å². The van der Waals surface area contributed by atoms with Gasteiger partial charge in [0.25, 0.3) is 0 Å². The number of thioether (sulfide) groups is 1. The van der Waals surface area contributed by atoms with E-state index in [0.29, 0.717) is 18.2 Å². The van der Waals surface area contributed by atoms with Gasteiger partial charge in [-0.2, -0.15) is 0 Å². The number of hydrogen-bond acceptors (Lipinski definition) is 4. The molecule has 162 valence electrons. The van der Waals surface area contributed by atoms with Crippen LogP contribution in [-0.4, -0.2) is 38.4 Å². The minimum Gasteiger partial charge on any atom is -0.341 e. The summed E-state index contributed by atoms with van der Waals surface area (Å²) in [4.78, 5) is 14.6. The number of carbonyl (C=O) groups excluding carboxylic acids is 1. The van der Waals surface area contributed by atoms with Gasteiger partial charge in [0.15, 0.2) is 5.16 Å². The Kier molecular flexibility index (Phi) is 5.95. The molecule has 6 heteroatoms. The monoisotopic (exact) mass is 442 g/mol. The molecular weight excluding hydrogens is 416 g/mol. The summed E-state index contributed by atoms with van der Waals surface area (Å²) in [5.41, 5.74) is 2.35. The minimum absolute atomic E-state index is 0.0883. The lowest BCUT2D eigenvalue weighted by molar-refractivity contribution is -0.127. The van der Waals surface area contributed by atoms with Crippen molar-refractivity contribution in [2.45, 2.75) is 37.0 Å². The van der Waals surface area contributed by atoms with Crippen LogP contribution >= 0.6 is 11.8 Å². The largest absolute Gasteiger partial charge is 0.341 e. The maximum Gasteiger partial charge on any atom is 0.233 e. The van der Waals surface area contributed by atoms with Gasteiger partial charge in [-0.25, -0.2) is 0 Å². The number of aromatic nitrogens is 3. The van der Waals surface area contributed by atoms with E-state index in [1.807, 2.05) is 25.2 Å². The lowest BCUT2D eigenvalue weighted by Crippen LogP contribution is -2.28. The zero-order valence-corrected chi connectivity index (χ0v) is 19.0. The standard InChI is InChI=1S/C26H26N4OS/c1-29(16-20-11-12-21-9-5-6-10-23(21)15-20)24(31)18-32-26-28-27-25(22-13-14-22)30(26)17-19-7-3-2-4-8-19/h2-12,15,22H,13-14,16-18H2,1H3. The summed E-state index contributed by atoms with van der Waals surface area (Å²) in [6.07, 6.45) is 2.34. The summed E-state index contributed by atoms with van der Waals surface area (Å²) < 4.78 is 2.19. The predicted molar refractivity (Wildman–Crippen MR) is 129 cm³/mol. The number of fused-ring (bicyclic) bond motifs is 1. The van der Waals surface area contributed by atoms with Gasteiger partial charge in [0.05, 0.1) is 12.3 Å². The zero-order chi connectivity index (χ0) is 21.9. The number of hydrogen-bond donors (Lipinski definition) is 0. The van der Waals surface area contributed by atoms with E-state index in [2.05, 4.69) is 69.4 Å². The van der Waals surface area contributed by atoms with E-state index in [4.69, 9.17) is 0 Å². The first-order valence-corrected chi connectivity index (χ1v) is 12.0. The molecule has 1 aliphatic carbocycles. The fourth-order valence-electron chi connectivity index (χ4n) is 3.90. The molecule has 0 saturated heterocycles. The molecule has 1 heterocycles. The topological polar surface area (TPSA) is 51.0 Å². The fourth-order valence-corrected chi connectivity index (χ4v) is 4.79. The van der Waals surface area contributed by atoms with Crippen molar-refractivity contribution in [1.29, 1.82) is 0 Å². The van der Waals surface area contributed by atoms with Crippen molar-refractivity contribution in [2.75, 3.05) is 12.8 Å². The number of amides is 1. The minimum atomic E-state index is 0.0883. The van der Waals surface area contributed by atoms with Crippen LogP contribution in [0.2, 0.25) is 0 Å². The van der Waals surface area contributed by atoms with Crippen molar-refractivity contribution in [1.82, 2.24) is 19.7 Å². The van der Waals surface area contributed by atoms with Crippen molar-refractivity contribution in [2.24, 2.45) is 0 Å². The molecule has 5 nitrogen and oxygen atoms in total. The molecule has 0 N–H and O–H groups in total. The molecule has 0 aliphatic heterocycles. The van der Waals surface area contributed by atoms with Gasteiger partial charge in [0, 0.05) is 19.5 Å². The molecule has 0 unspecified atom stereocenters. The van der Waals surface area contributed by atoms with Gasteiger partial charge in [0.2, 0.25) is 5.91 Å². The Balaban J connectivity index is 1.25. The normalized spacial score (nSPS) is 13.4. The summed E-state index contributed by atoms with van der Waals surface area (Å²) in [5, 5.41) is 12.1. The second kappa shape index (κ2) is 9.17. The Morgan fingerprint density at radius 3 is 2.50 bits per heavy atom. The van der Waals surface area contributed by atoms with Gasteiger partial charge >= 0.3 is 0 Å². The van der Waals surface area contributed by atoms with Crippen LogP contribution in [0.15, 0.2) is 78.0 Å². The van der Waals surface area contributed by atoms with Crippen LogP contribution < -0.4 is 0 Å². The van der Waals surface area contributed by atoms with Crippen LogP contribution in [0.3, 0.4) is 0 Å². The summed E-state index contributed by atoms with van der Waals surface area (Å²) in [6.45, 7) is 1.33. The van der Waals surface area contributed by atoms with Crippen LogP contribution in [0.25, 0.3) is 10.8 Å². The quantitative estimate of drug-likeness (QED) is 0.356. The van der Waals surface area contributed by atoms with Crippen LogP contribution in [0, 0.1) is 0 Å². The van der Waals surface area contributed by atoms with E-state index < -0.39 is 0 Å². The lowest BCUT2D eigenvalue weighted by atomic mass is 10.1. The van der Waals surface area contributed by atoms with Gasteiger partial charge < -0.3 is 9.47 Å². The molecule has 1 aliphatic rings. The van der Waals surface area contributed by atoms with Gasteiger partial charge in [-0.1, -0.05) is 78.5 Å². The number of nitrogens with zero attached hydrogens (tertiary/aromatic N) is 4. The van der Waals surface area contributed by atoms with Gasteiger partial charge in [-0.05, 0) is 40.8 Å². The Labute approximate surface area is 192 Å². The fraction of sp³-hybridized carbons (Fsp3) is 0.269. The molecule has 4 aromatic rings. The third-order valence-corrected chi connectivity index (χ3v) is 6.81. The van der Waals surface area contributed by atoms with Gasteiger partial charge in [-0.3, -0.25) is 4.79 Å². The zero-order valence-electron chi connectivity index (χ0n) is 18.1. The molecule has 32 heavy (non-hydrogen) atoms. The average molecular weight is 443 g/mol. The molecule has 0 radical (unpaired) electrons. The SMILES string of the molecule is CN(Cc1ccc2ccccc2c1)C(=O)CSc1nnc(C2CC2)n1Cc1ccccc1. The third-order valence-electron chi connectivity index (χ3n) is 5.86. The first kappa shape index (κ1) is 20.8. The van der Waals surface area contributed by atoms with Gasteiger partial charge in [0.1, 0.15) is 5.82 Å². The Hall–Kier alpha value is -3.12. The summed E-state index contributed by atoms with van der Waals surface area (Å²) in [7, 11) is 1.86. The summed E-state index contributed by atoms with van der Waals surface area (Å²) in [6, 6.07) is 25.0. The van der Waals surface area contributed by atoms with Crippen LogP contribution in [0.1, 0.15) is 35.7 Å². The van der Waals surface area contributed by atoms with E-state index >= 15 is 0 Å². The third kappa shape index (κ3) is 4.70. The molecular formula is C26H26N4OS. The van der Waals surface area contributed by atoms with E-state index in [9.17, 15) is 4.79 Å². The van der Waals surface area contributed by atoms with Crippen LogP contribution in [0.4, 0.5) is 0 Å².